The molecule has 1 atom stereocenters. The van der Waals surface area contributed by atoms with Crippen LogP contribution in [0.5, 0.6) is 0 Å². The van der Waals surface area contributed by atoms with Crippen LogP contribution in [0.1, 0.15) is 23.6 Å². The van der Waals surface area contributed by atoms with E-state index in [1.54, 1.807) is 0 Å². The zero-order chi connectivity index (χ0) is 17.3. The highest BCUT2D eigenvalue weighted by atomic mass is 16.5. The number of aliphatic imine (C=N–C) groups is 1. The fourth-order valence-corrected chi connectivity index (χ4v) is 3.69. The van der Waals surface area contributed by atoms with Crippen molar-refractivity contribution in [3.05, 3.63) is 72.1 Å². The van der Waals surface area contributed by atoms with Crippen LogP contribution in [0.2, 0.25) is 0 Å². The van der Waals surface area contributed by atoms with Crippen LogP contribution in [-0.2, 0) is 4.74 Å². The highest BCUT2D eigenvalue weighted by molar-refractivity contribution is 5.91. The largest absolute Gasteiger partial charge is 0.462 e. The Balaban J connectivity index is 1.34. The lowest BCUT2D eigenvalue weighted by atomic mass is 10.00. The molecule has 5 nitrogen and oxygen atoms in total. The average molecular weight is 344 g/mol. The van der Waals surface area contributed by atoms with E-state index in [-0.39, 0.29) is 6.04 Å². The van der Waals surface area contributed by atoms with Crippen molar-refractivity contribution in [1.29, 1.82) is 0 Å². The summed E-state index contributed by atoms with van der Waals surface area (Å²) in [4.78, 5) is 14.7. The first-order chi connectivity index (χ1) is 12.9. The van der Waals surface area contributed by atoms with Gasteiger partial charge in [-0.05, 0) is 29.7 Å². The van der Waals surface area contributed by atoms with Gasteiger partial charge in [-0.3, -0.25) is 0 Å². The number of aromatic nitrogens is 2. The molecule has 0 saturated heterocycles. The van der Waals surface area contributed by atoms with Crippen LogP contribution in [0.4, 0.5) is 0 Å². The summed E-state index contributed by atoms with van der Waals surface area (Å²) in [5.74, 6) is 0. The first-order valence-electron chi connectivity index (χ1n) is 9.00. The Morgan fingerprint density at radius 1 is 1.12 bits per heavy atom. The summed E-state index contributed by atoms with van der Waals surface area (Å²) in [5.41, 5.74) is 4.77. The summed E-state index contributed by atoms with van der Waals surface area (Å²) in [6, 6.07) is 15.3. The molecule has 2 aliphatic heterocycles. The van der Waals surface area contributed by atoms with Gasteiger partial charge in [-0.1, -0.05) is 36.4 Å². The third-order valence-electron chi connectivity index (χ3n) is 5.10. The van der Waals surface area contributed by atoms with Gasteiger partial charge in [0.15, 0.2) is 0 Å². The van der Waals surface area contributed by atoms with Gasteiger partial charge in [0.05, 0.1) is 0 Å². The zero-order valence-electron chi connectivity index (χ0n) is 14.4. The topological polar surface area (TPSA) is 53.5 Å². The first-order valence-corrected chi connectivity index (χ1v) is 9.00. The molecular weight excluding hydrogens is 324 g/mol. The molecule has 3 aromatic rings. The van der Waals surface area contributed by atoms with Crippen molar-refractivity contribution in [3.8, 4) is 0 Å². The number of hydrogen-bond donors (Lipinski definition) is 1. The van der Waals surface area contributed by atoms with Gasteiger partial charge in [-0.15, -0.1) is 0 Å². The van der Waals surface area contributed by atoms with Crippen LogP contribution in [0.15, 0.2) is 65.9 Å². The number of aromatic amines is 1. The molecule has 5 rings (SSSR count). The molecule has 0 radical (unpaired) electrons. The predicted octanol–water partition coefficient (Wildman–Crippen LogP) is 3.78. The van der Waals surface area contributed by atoms with Gasteiger partial charge in [0.2, 0.25) is 0 Å². The Morgan fingerprint density at radius 2 is 2.04 bits per heavy atom. The molecule has 26 heavy (non-hydrogen) atoms. The van der Waals surface area contributed by atoms with Gasteiger partial charge in [-0.25, -0.2) is 9.98 Å². The second-order valence-corrected chi connectivity index (χ2v) is 6.68. The maximum atomic E-state index is 5.89. The Bertz CT molecular complexity index is 989. The van der Waals surface area contributed by atoms with Gasteiger partial charge in [0, 0.05) is 36.4 Å². The molecule has 0 saturated carbocycles. The average Bonchev–Trinajstić information content (AvgIpc) is 3.36. The number of benzene rings is 1. The summed E-state index contributed by atoms with van der Waals surface area (Å²) in [5, 5.41) is 1.19. The number of ether oxygens (including phenoxy) is 1. The number of pyridine rings is 1. The lowest BCUT2D eigenvalue weighted by Crippen LogP contribution is -2.34. The second kappa shape index (κ2) is 6.33. The number of fused-ring (bicyclic) bond motifs is 1. The van der Waals surface area contributed by atoms with E-state index in [0.717, 1.165) is 31.2 Å². The predicted molar refractivity (Wildman–Crippen MR) is 103 cm³/mol. The molecule has 5 heteroatoms. The van der Waals surface area contributed by atoms with Crippen molar-refractivity contribution in [1.82, 2.24) is 14.9 Å². The normalized spacial score (nSPS) is 20.0. The Labute approximate surface area is 152 Å². The van der Waals surface area contributed by atoms with Crippen LogP contribution in [-0.4, -0.2) is 40.6 Å². The van der Waals surface area contributed by atoms with Crippen molar-refractivity contribution in [3.63, 3.8) is 0 Å². The summed E-state index contributed by atoms with van der Waals surface area (Å²) in [7, 11) is 0. The number of H-pyrrole nitrogens is 1. The van der Waals surface area contributed by atoms with E-state index in [0.29, 0.717) is 6.61 Å². The van der Waals surface area contributed by atoms with Crippen molar-refractivity contribution in [2.75, 3.05) is 19.7 Å². The number of nitrogens with zero attached hydrogens (tertiary/aromatic N) is 3. The van der Waals surface area contributed by atoms with Crippen molar-refractivity contribution in [2.24, 2.45) is 4.99 Å². The van der Waals surface area contributed by atoms with Crippen LogP contribution in [0.25, 0.3) is 16.6 Å². The molecule has 2 aromatic heterocycles. The highest BCUT2D eigenvalue weighted by Gasteiger charge is 2.26. The molecule has 0 fully saturated rings. The van der Waals surface area contributed by atoms with E-state index in [2.05, 4.69) is 57.5 Å². The SMILES string of the molecule is C1=C(c2c[nH]c3ncccc23)CCN(C2=N[C@@H](c3ccccc3)CO2)C1. The monoisotopic (exact) mass is 344 g/mol. The van der Waals surface area contributed by atoms with E-state index in [1.165, 1.54) is 22.1 Å². The molecule has 1 aromatic carbocycles. The third-order valence-corrected chi connectivity index (χ3v) is 5.10. The second-order valence-electron chi connectivity index (χ2n) is 6.68. The van der Waals surface area contributed by atoms with Crippen molar-refractivity contribution >= 4 is 22.6 Å². The summed E-state index contributed by atoms with van der Waals surface area (Å²) < 4.78 is 5.89. The fraction of sp³-hybridized carbons (Fsp3) is 0.238. The minimum Gasteiger partial charge on any atom is -0.462 e. The smallest absolute Gasteiger partial charge is 0.288 e. The standard InChI is InChI=1S/C21H20N4O/c1-2-5-16(6-3-1)19-14-26-21(24-19)25-11-8-15(9-12-25)18-13-23-20-17(18)7-4-10-22-20/h1-8,10,13,19H,9,11-12,14H2,(H,22,23)/t19-/m1/s1. The van der Waals surface area contributed by atoms with Crippen LogP contribution in [0, 0.1) is 0 Å². The molecule has 1 N–H and O–H groups in total. The highest BCUT2D eigenvalue weighted by Crippen LogP contribution is 2.30. The molecule has 2 aliphatic rings. The van der Waals surface area contributed by atoms with Gasteiger partial charge in [0.1, 0.15) is 18.3 Å². The fourth-order valence-electron chi connectivity index (χ4n) is 3.69. The van der Waals surface area contributed by atoms with E-state index in [4.69, 9.17) is 9.73 Å². The van der Waals surface area contributed by atoms with Gasteiger partial charge < -0.3 is 14.6 Å². The Kier molecular flexibility index (Phi) is 3.70. The number of hydrogen-bond acceptors (Lipinski definition) is 4. The molecule has 0 amide bonds. The number of rotatable bonds is 2. The van der Waals surface area contributed by atoms with Gasteiger partial charge in [0.25, 0.3) is 6.02 Å². The molecule has 0 spiro atoms. The minimum absolute atomic E-state index is 0.108. The summed E-state index contributed by atoms with van der Waals surface area (Å²) >= 11 is 0. The van der Waals surface area contributed by atoms with E-state index >= 15 is 0 Å². The zero-order valence-corrected chi connectivity index (χ0v) is 14.4. The first kappa shape index (κ1) is 15.2. The maximum absolute atomic E-state index is 5.89. The van der Waals surface area contributed by atoms with Crippen molar-refractivity contribution < 1.29 is 4.74 Å². The molecule has 0 unspecified atom stereocenters. The molecule has 0 bridgehead atoms. The summed E-state index contributed by atoms with van der Waals surface area (Å²) in [6.07, 6.45) is 7.13. The lowest BCUT2D eigenvalue weighted by Gasteiger charge is -2.26. The lowest BCUT2D eigenvalue weighted by molar-refractivity contribution is 0.258. The van der Waals surface area contributed by atoms with E-state index < -0.39 is 0 Å². The van der Waals surface area contributed by atoms with Gasteiger partial charge >= 0.3 is 0 Å². The molecular formula is C21H20N4O. The Morgan fingerprint density at radius 3 is 2.88 bits per heavy atom. The molecule has 0 aliphatic carbocycles. The van der Waals surface area contributed by atoms with Gasteiger partial charge in [-0.2, -0.15) is 0 Å². The van der Waals surface area contributed by atoms with E-state index in [9.17, 15) is 0 Å². The van der Waals surface area contributed by atoms with Crippen LogP contribution < -0.4 is 0 Å². The summed E-state index contributed by atoms with van der Waals surface area (Å²) in [6.45, 7) is 2.36. The van der Waals surface area contributed by atoms with Crippen LogP contribution in [0.3, 0.4) is 0 Å². The van der Waals surface area contributed by atoms with Crippen molar-refractivity contribution in [2.45, 2.75) is 12.5 Å². The maximum Gasteiger partial charge on any atom is 0.288 e. The Hall–Kier alpha value is -3.08. The number of nitrogens with one attached hydrogen (secondary N) is 1. The molecule has 130 valence electrons. The third kappa shape index (κ3) is 2.65. The van der Waals surface area contributed by atoms with Crippen LogP contribution >= 0.6 is 0 Å². The minimum atomic E-state index is 0.108. The molecule has 4 heterocycles. The quantitative estimate of drug-likeness (QED) is 0.770. The number of amidine groups is 1. The van der Waals surface area contributed by atoms with E-state index in [1.807, 2.05) is 18.3 Å².